The van der Waals surface area contributed by atoms with Crippen LogP contribution in [0, 0.1) is 0 Å². The maximum Gasteiger partial charge on any atom is 0.306 e. The van der Waals surface area contributed by atoms with Gasteiger partial charge in [0.15, 0.2) is 0 Å². The van der Waals surface area contributed by atoms with Crippen LogP contribution < -0.4 is 5.32 Å². The summed E-state index contributed by atoms with van der Waals surface area (Å²) in [6.07, 6.45) is 7.48. The Kier molecular flexibility index (Phi) is 7.04. The highest BCUT2D eigenvalue weighted by Gasteiger charge is 2.39. The highest BCUT2D eigenvalue weighted by atomic mass is 16.5. The molecule has 1 saturated carbocycles. The van der Waals surface area contributed by atoms with Gasteiger partial charge in [-0.2, -0.15) is 0 Å². The lowest BCUT2D eigenvalue weighted by atomic mass is 9.79. The van der Waals surface area contributed by atoms with Crippen molar-refractivity contribution in [2.45, 2.75) is 43.7 Å². The zero-order valence-corrected chi connectivity index (χ0v) is 16.3. The number of aliphatic carboxylic acids is 1. The maximum atomic E-state index is 11.1. The van der Waals surface area contributed by atoms with Crippen molar-refractivity contribution >= 4 is 11.7 Å². The second-order valence-corrected chi connectivity index (χ2v) is 7.73. The van der Waals surface area contributed by atoms with E-state index < -0.39 is 11.6 Å². The molecule has 0 aromatic carbocycles. The van der Waals surface area contributed by atoms with Gasteiger partial charge in [-0.25, -0.2) is 0 Å². The summed E-state index contributed by atoms with van der Waals surface area (Å²) in [6.45, 7) is 6.38. The quantitative estimate of drug-likeness (QED) is 0.718. The number of carboxylic acid groups (broad SMARTS) is 1. The summed E-state index contributed by atoms with van der Waals surface area (Å²) in [5.41, 5.74) is 0.664. The molecular weight excluding hydrogens is 344 g/mol. The van der Waals surface area contributed by atoms with Crippen LogP contribution in [0.5, 0.6) is 0 Å². The summed E-state index contributed by atoms with van der Waals surface area (Å²) >= 11 is 0. The first-order valence-corrected chi connectivity index (χ1v) is 9.97. The Morgan fingerprint density at radius 1 is 1.26 bits per heavy atom. The topological polar surface area (TPSA) is 77.9 Å². The normalized spacial score (nSPS) is 27.4. The number of pyridine rings is 1. The summed E-state index contributed by atoms with van der Waals surface area (Å²) in [6, 6.07) is 4.55. The SMILES string of the molecule is COC1(CC(=O)O)CCC(N2CCN(CCNc3ccncc3)CC2)CC1. The Hall–Kier alpha value is -1.70. The molecule has 0 unspecified atom stereocenters. The van der Waals surface area contributed by atoms with Crippen molar-refractivity contribution in [3.63, 3.8) is 0 Å². The minimum Gasteiger partial charge on any atom is -0.481 e. The van der Waals surface area contributed by atoms with Crippen LogP contribution in [0.4, 0.5) is 5.69 Å². The van der Waals surface area contributed by atoms with Crippen molar-refractivity contribution in [1.82, 2.24) is 14.8 Å². The number of nitrogens with one attached hydrogen (secondary N) is 1. The van der Waals surface area contributed by atoms with Crippen molar-refractivity contribution in [2.24, 2.45) is 0 Å². The average molecular weight is 377 g/mol. The van der Waals surface area contributed by atoms with E-state index in [9.17, 15) is 4.79 Å². The van der Waals surface area contributed by atoms with Crippen LogP contribution >= 0.6 is 0 Å². The van der Waals surface area contributed by atoms with E-state index in [1.54, 1.807) is 19.5 Å². The van der Waals surface area contributed by atoms with Crippen molar-refractivity contribution in [3.8, 4) is 0 Å². The van der Waals surface area contributed by atoms with Gasteiger partial charge >= 0.3 is 5.97 Å². The summed E-state index contributed by atoms with van der Waals surface area (Å²) < 4.78 is 5.60. The number of carboxylic acids is 1. The fourth-order valence-corrected chi connectivity index (χ4v) is 4.40. The standard InChI is InChI=1S/C20H32N4O3/c1-27-20(16-19(25)26)6-2-18(3-7-20)24-14-12-23(13-15-24)11-10-22-17-4-8-21-9-5-17/h4-5,8-9,18H,2-3,6-7,10-16H2,1H3,(H,21,22)(H,25,26). The van der Waals surface area contributed by atoms with Crippen LogP contribution in [0.2, 0.25) is 0 Å². The molecule has 1 saturated heterocycles. The number of hydrogen-bond donors (Lipinski definition) is 2. The van der Waals surface area contributed by atoms with E-state index in [2.05, 4.69) is 20.1 Å². The van der Waals surface area contributed by atoms with Crippen LogP contribution in [-0.2, 0) is 9.53 Å². The molecule has 0 atom stereocenters. The molecule has 0 amide bonds. The zero-order chi connectivity index (χ0) is 19.1. The van der Waals surface area contributed by atoms with Crippen LogP contribution in [0.15, 0.2) is 24.5 Å². The molecule has 2 heterocycles. The first kappa shape index (κ1) is 20.0. The van der Waals surface area contributed by atoms with E-state index in [1.807, 2.05) is 12.1 Å². The molecule has 3 rings (SSSR count). The molecule has 1 aromatic heterocycles. The number of anilines is 1. The number of rotatable bonds is 8. The molecule has 1 aliphatic carbocycles. The smallest absolute Gasteiger partial charge is 0.306 e. The van der Waals surface area contributed by atoms with Gasteiger partial charge in [0.25, 0.3) is 0 Å². The number of carbonyl (C=O) groups is 1. The second-order valence-electron chi connectivity index (χ2n) is 7.73. The summed E-state index contributed by atoms with van der Waals surface area (Å²) in [5, 5.41) is 12.6. The summed E-state index contributed by atoms with van der Waals surface area (Å²) in [7, 11) is 1.65. The largest absolute Gasteiger partial charge is 0.481 e. The molecule has 7 nitrogen and oxygen atoms in total. The van der Waals surface area contributed by atoms with Crippen molar-refractivity contribution in [2.75, 3.05) is 51.7 Å². The number of ether oxygens (including phenoxy) is 1. The molecule has 1 aromatic rings. The number of methoxy groups -OCH3 is 1. The van der Waals surface area contributed by atoms with Crippen LogP contribution in [0.3, 0.4) is 0 Å². The number of aromatic nitrogens is 1. The summed E-state index contributed by atoms with van der Waals surface area (Å²) in [5.74, 6) is -0.760. The zero-order valence-electron chi connectivity index (χ0n) is 16.3. The lowest BCUT2D eigenvalue weighted by molar-refractivity contribution is -0.147. The Balaban J connectivity index is 1.36. The van der Waals surface area contributed by atoms with Crippen molar-refractivity contribution in [3.05, 3.63) is 24.5 Å². The highest BCUT2D eigenvalue weighted by molar-refractivity contribution is 5.68. The summed E-state index contributed by atoms with van der Waals surface area (Å²) in [4.78, 5) is 20.3. The molecule has 2 fully saturated rings. The van der Waals surface area contributed by atoms with Crippen molar-refractivity contribution < 1.29 is 14.6 Å². The molecule has 7 heteroatoms. The number of piperazine rings is 1. The van der Waals surface area contributed by atoms with Gasteiger partial charge in [-0.15, -0.1) is 0 Å². The number of hydrogen-bond acceptors (Lipinski definition) is 6. The average Bonchev–Trinajstić information content (AvgIpc) is 2.69. The highest BCUT2D eigenvalue weighted by Crippen LogP contribution is 2.36. The van der Waals surface area contributed by atoms with Gasteiger partial charge in [0.1, 0.15) is 0 Å². The Morgan fingerprint density at radius 3 is 2.52 bits per heavy atom. The Bertz CT molecular complexity index is 582. The van der Waals surface area contributed by atoms with Gasteiger partial charge in [0.2, 0.25) is 0 Å². The monoisotopic (exact) mass is 376 g/mol. The van der Waals surface area contributed by atoms with Crippen LogP contribution in [-0.4, -0.2) is 83.9 Å². The van der Waals surface area contributed by atoms with Gasteiger partial charge in [-0.3, -0.25) is 19.6 Å². The van der Waals surface area contributed by atoms with E-state index in [1.165, 1.54) is 0 Å². The molecule has 27 heavy (non-hydrogen) atoms. The van der Waals surface area contributed by atoms with Gasteiger partial charge in [-0.1, -0.05) is 0 Å². The minimum absolute atomic E-state index is 0.120. The third kappa shape index (κ3) is 5.64. The first-order valence-electron chi connectivity index (χ1n) is 9.97. The molecule has 0 spiro atoms. The lowest BCUT2D eigenvalue weighted by Crippen LogP contribution is -2.53. The van der Waals surface area contributed by atoms with Gasteiger partial charge in [0, 0.05) is 70.5 Å². The second kappa shape index (κ2) is 9.48. The van der Waals surface area contributed by atoms with Crippen LogP contribution in [0.1, 0.15) is 32.1 Å². The maximum absolute atomic E-state index is 11.1. The van der Waals surface area contributed by atoms with E-state index in [0.717, 1.165) is 70.6 Å². The molecule has 2 N–H and O–H groups in total. The Labute approximate surface area is 161 Å². The van der Waals surface area contributed by atoms with Crippen LogP contribution in [0.25, 0.3) is 0 Å². The van der Waals surface area contributed by atoms with E-state index in [-0.39, 0.29) is 6.42 Å². The van der Waals surface area contributed by atoms with E-state index in [4.69, 9.17) is 9.84 Å². The van der Waals surface area contributed by atoms with E-state index >= 15 is 0 Å². The van der Waals surface area contributed by atoms with E-state index in [0.29, 0.717) is 6.04 Å². The lowest BCUT2D eigenvalue weighted by Gasteiger charge is -2.45. The van der Waals surface area contributed by atoms with Crippen molar-refractivity contribution in [1.29, 1.82) is 0 Å². The molecule has 1 aliphatic heterocycles. The molecule has 150 valence electrons. The third-order valence-corrected chi connectivity index (χ3v) is 6.13. The number of nitrogens with zero attached hydrogens (tertiary/aromatic N) is 3. The minimum atomic E-state index is -0.760. The fourth-order valence-electron chi connectivity index (χ4n) is 4.40. The molecule has 2 aliphatic rings. The molecule has 0 radical (unpaired) electrons. The predicted octanol–water partition coefficient (Wildman–Crippen LogP) is 1.91. The van der Waals surface area contributed by atoms with Gasteiger partial charge in [-0.05, 0) is 37.8 Å². The Morgan fingerprint density at radius 2 is 1.93 bits per heavy atom. The first-order chi connectivity index (χ1) is 13.1. The third-order valence-electron chi connectivity index (χ3n) is 6.13. The fraction of sp³-hybridized carbons (Fsp3) is 0.700. The van der Waals surface area contributed by atoms with Gasteiger partial charge < -0.3 is 15.2 Å². The molecule has 0 bridgehead atoms. The molecular formula is C20H32N4O3. The van der Waals surface area contributed by atoms with Gasteiger partial charge in [0.05, 0.1) is 12.0 Å². The predicted molar refractivity (Wildman–Crippen MR) is 105 cm³/mol.